The Bertz CT molecular complexity index is 758. The molecule has 1 heterocycles. The minimum absolute atomic E-state index is 0.0782. The molecule has 0 aliphatic heterocycles. The lowest BCUT2D eigenvalue weighted by Gasteiger charge is -2.26. The number of hydrogen-bond donors (Lipinski definition) is 2. The molecule has 0 saturated carbocycles. The van der Waals surface area contributed by atoms with Crippen molar-refractivity contribution in [3.8, 4) is 0 Å². The largest absolute Gasteiger partial charge is 0.368 e. The summed E-state index contributed by atoms with van der Waals surface area (Å²) >= 11 is 0. The van der Waals surface area contributed by atoms with E-state index in [0.717, 1.165) is 12.1 Å². The predicted molar refractivity (Wildman–Crippen MR) is 105 cm³/mol. The number of aryl methyl sites for hydroxylation is 1. The molecule has 1 unspecified atom stereocenters. The van der Waals surface area contributed by atoms with Crippen LogP contribution in [0.25, 0.3) is 0 Å². The monoisotopic (exact) mass is 355 g/mol. The molecule has 1 atom stereocenters. The van der Waals surface area contributed by atoms with E-state index in [1.165, 1.54) is 11.1 Å². The zero-order valence-electron chi connectivity index (χ0n) is 16.3. The lowest BCUT2D eigenvalue weighted by Crippen LogP contribution is -2.35. The zero-order valence-corrected chi connectivity index (χ0v) is 16.3. The molecule has 0 aliphatic carbocycles. The van der Waals surface area contributed by atoms with Crippen molar-refractivity contribution < 1.29 is 4.79 Å². The van der Waals surface area contributed by atoms with Crippen LogP contribution in [0.5, 0.6) is 0 Å². The number of amides is 1. The number of carbonyl (C=O) groups excluding carboxylic acids is 1. The number of anilines is 1. The van der Waals surface area contributed by atoms with Crippen LogP contribution in [-0.2, 0) is 6.42 Å². The van der Waals surface area contributed by atoms with Crippen LogP contribution in [0.15, 0.2) is 30.3 Å². The lowest BCUT2D eigenvalue weighted by molar-refractivity contribution is 0.0936. The molecule has 2 rings (SSSR count). The summed E-state index contributed by atoms with van der Waals surface area (Å²) in [4.78, 5) is 23.0. The predicted octanol–water partition coefficient (Wildman–Crippen LogP) is 2.60. The highest BCUT2D eigenvalue weighted by Gasteiger charge is 2.18. The number of hydrogen-bond acceptors (Lipinski definition) is 5. The maximum absolute atomic E-state index is 12.6. The van der Waals surface area contributed by atoms with Gasteiger partial charge in [-0.15, -0.1) is 0 Å². The van der Waals surface area contributed by atoms with Crippen molar-refractivity contribution in [1.82, 2.24) is 20.2 Å². The number of nitrogens with zero attached hydrogens (tertiary/aromatic N) is 3. The molecule has 140 valence electrons. The molecule has 3 N–H and O–H groups in total. The third-order valence-electron chi connectivity index (χ3n) is 4.27. The fourth-order valence-corrected chi connectivity index (χ4v) is 2.97. The van der Waals surface area contributed by atoms with E-state index >= 15 is 0 Å². The number of nitrogens with one attached hydrogen (secondary N) is 1. The van der Waals surface area contributed by atoms with Gasteiger partial charge in [0.1, 0.15) is 5.69 Å². The van der Waals surface area contributed by atoms with E-state index in [-0.39, 0.29) is 17.9 Å². The molecule has 0 fully saturated rings. The van der Waals surface area contributed by atoms with Crippen molar-refractivity contribution in [2.75, 3.05) is 26.4 Å². The standard InChI is InChI=1S/C20H29N5O/c1-13(2)10-15-11-17(24-20(21)23-15)19(26)22-12-18(25(4)5)16-9-7-6-8-14(16)3/h6-9,11,13,18H,10,12H2,1-5H3,(H,22,26)(H2,21,23,24). The van der Waals surface area contributed by atoms with Gasteiger partial charge < -0.3 is 16.0 Å². The number of carbonyl (C=O) groups is 1. The van der Waals surface area contributed by atoms with Crippen molar-refractivity contribution in [2.24, 2.45) is 5.92 Å². The van der Waals surface area contributed by atoms with Crippen LogP contribution in [-0.4, -0.2) is 41.4 Å². The summed E-state index contributed by atoms with van der Waals surface area (Å²) in [6.45, 7) is 6.76. The summed E-state index contributed by atoms with van der Waals surface area (Å²) < 4.78 is 0. The van der Waals surface area contributed by atoms with Crippen molar-refractivity contribution in [3.63, 3.8) is 0 Å². The summed E-state index contributed by atoms with van der Waals surface area (Å²) in [6.07, 6.45) is 0.760. The minimum Gasteiger partial charge on any atom is -0.368 e. The second kappa shape index (κ2) is 8.76. The highest BCUT2D eigenvalue weighted by molar-refractivity contribution is 5.92. The molecule has 0 aliphatic rings. The molecule has 6 heteroatoms. The van der Waals surface area contributed by atoms with Gasteiger partial charge in [-0.05, 0) is 50.6 Å². The maximum Gasteiger partial charge on any atom is 0.270 e. The van der Waals surface area contributed by atoms with Gasteiger partial charge in [0, 0.05) is 12.2 Å². The molecule has 0 bridgehead atoms. The van der Waals surface area contributed by atoms with Gasteiger partial charge in [0.25, 0.3) is 5.91 Å². The van der Waals surface area contributed by atoms with Gasteiger partial charge in [-0.1, -0.05) is 38.1 Å². The van der Waals surface area contributed by atoms with Crippen LogP contribution in [0.4, 0.5) is 5.95 Å². The highest BCUT2D eigenvalue weighted by Crippen LogP contribution is 2.21. The van der Waals surface area contributed by atoms with Gasteiger partial charge in [-0.25, -0.2) is 9.97 Å². The van der Waals surface area contributed by atoms with Crippen LogP contribution in [0.1, 0.15) is 47.2 Å². The van der Waals surface area contributed by atoms with Crippen LogP contribution in [0.3, 0.4) is 0 Å². The SMILES string of the molecule is Cc1ccccc1C(CNC(=O)c1cc(CC(C)C)nc(N)n1)N(C)C. The second-order valence-electron chi connectivity index (χ2n) is 7.25. The molecular weight excluding hydrogens is 326 g/mol. The van der Waals surface area contributed by atoms with Gasteiger partial charge in [0.05, 0.1) is 6.04 Å². The number of likely N-dealkylation sites (N-methyl/N-ethyl adjacent to an activating group) is 1. The Morgan fingerprint density at radius 3 is 2.54 bits per heavy atom. The van der Waals surface area contributed by atoms with E-state index in [9.17, 15) is 4.79 Å². The number of benzene rings is 1. The Morgan fingerprint density at radius 2 is 1.92 bits per heavy atom. The molecule has 26 heavy (non-hydrogen) atoms. The van der Waals surface area contributed by atoms with Crippen molar-refractivity contribution in [2.45, 2.75) is 33.2 Å². The smallest absolute Gasteiger partial charge is 0.270 e. The fourth-order valence-electron chi connectivity index (χ4n) is 2.97. The van der Waals surface area contributed by atoms with Crippen LogP contribution < -0.4 is 11.1 Å². The average Bonchev–Trinajstić information content (AvgIpc) is 2.55. The normalized spacial score (nSPS) is 12.4. The third kappa shape index (κ3) is 5.26. The van der Waals surface area contributed by atoms with Crippen molar-refractivity contribution in [3.05, 3.63) is 52.8 Å². The summed E-state index contributed by atoms with van der Waals surface area (Å²) in [5.41, 5.74) is 9.28. The molecule has 0 spiro atoms. The Balaban J connectivity index is 2.14. The van der Waals surface area contributed by atoms with E-state index in [1.807, 2.05) is 26.2 Å². The van der Waals surface area contributed by atoms with Crippen LogP contribution in [0, 0.1) is 12.8 Å². The molecular formula is C20H29N5O. The van der Waals surface area contributed by atoms with E-state index in [4.69, 9.17) is 5.73 Å². The molecule has 0 saturated heterocycles. The van der Waals surface area contributed by atoms with Gasteiger partial charge in [0.15, 0.2) is 0 Å². The highest BCUT2D eigenvalue weighted by atomic mass is 16.1. The van der Waals surface area contributed by atoms with E-state index in [1.54, 1.807) is 6.07 Å². The van der Waals surface area contributed by atoms with E-state index in [2.05, 4.69) is 53.1 Å². The summed E-state index contributed by atoms with van der Waals surface area (Å²) in [5, 5.41) is 2.99. The Hall–Kier alpha value is -2.47. The van der Waals surface area contributed by atoms with Crippen molar-refractivity contribution >= 4 is 11.9 Å². The van der Waals surface area contributed by atoms with Gasteiger partial charge >= 0.3 is 0 Å². The Morgan fingerprint density at radius 1 is 1.23 bits per heavy atom. The number of nitrogens with two attached hydrogens (primary N) is 1. The molecule has 1 aromatic heterocycles. The van der Waals surface area contributed by atoms with Crippen LogP contribution >= 0.6 is 0 Å². The topological polar surface area (TPSA) is 84.1 Å². The van der Waals surface area contributed by atoms with Gasteiger partial charge in [0.2, 0.25) is 5.95 Å². The zero-order chi connectivity index (χ0) is 19.3. The summed E-state index contributed by atoms with van der Waals surface area (Å²) in [7, 11) is 4.01. The molecule has 1 amide bonds. The number of rotatable bonds is 7. The minimum atomic E-state index is -0.232. The molecule has 1 aromatic carbocycles. The van der Waals surface area contributed by atoms with E-state index < -0.39 is 0 Å². The fraction of sp³-hybridized carbons (Fsp3) is 0.450. The quantitative estimate of drug-likeness (QED) is 0.797. The molecule has 2 aromatic rings. The first kappa shape index (κ1) is 19.8. The lowest BCUT2D eigenvalue weighted by atomic mass is 10.0. The molecule has 0 radical (unpaired) electrons. The maximum atomic E-state index is 12.6. The van der Waals surface area contributed by atoms with Gasteiger partial charge in [-0.3, -0.25) is 4.79 Å². The summed E-state index contributed by atoms with van der Waals surface area (Å²) in [6, 6.07) is 10.0. The Labute approximate surface area is 155 Å². The third-order valence-corrected chi connectivity index (χ3v) is 4.27. The first-order chi connectivity index (χ1) is 12.3. The Kier molecular flexibility index (Phi) is 6.69. The molecule has 6 nitrogen and oxygen atoms in total. The number of nitrogen functional groups attached to an aromatic ring is 1. The van der Waals surface area contributed by atoms with Gasteiger partial charge in [-0.2, -0.15) is 0 Å². The first-order valence-electron chi connectivity index (χ1n) is 8.91. The van der Waals surface area contributed by atoms with E-state index in [0.29, 0.717) is 18.2 Å². The second-order valence-corrected chi connectivity index (χ2v) is 7.25. The van der Waals surface area contributed by atoms with Crippen molar-refractivity contribution in [1.29, 1.82) is 0 Å². The first-order valence-corrected chi connectivity index (χ1v) is 8.91. The summed E-state index contributed by atoms with van der Waals surface area (Å²) in [5.74, 6) is 0.334. The number of aromatic nitrogens is 2. The average molecular weight is 355 g/mol. The van der Waals surface area contributed by atoms with Crippen LogP contribution in [0.2, 0.25) is 0 Å².